The van der Waals surface area contributed by atoms with Gasteiger partial charge in [-0.05, 0) is 24.3 Å². The number of nitro benzene ring substituents is 1. The van der Waals surface area contributed by atoms with Gasteiger partial charge in [0.2, 0.25) is 5.89 Å². The van der Waals surface area contributed by atoms with Gasteiger partial charge in [0.1, 0.15) is 24.7 Å². The number of carbonyl (C=O) groups excluding carboxylic acids is 1. The van der Waals surface area contributed by atoms with E-state index >= 15 is 0 Å². The lowest BCUT2D eigenvalue weighted by Crippen LogP contribution is -2.23. The third-order valence-electron chi connectivity index (χ3n) is 4.35. The van der Waals surface area contributed by atoms with Gasteiger partial charge in [0, 0.05) is 28.8 Å². The summed E-state index contributed by atoms with van der Waals surface area (Å²) >= 11 is 0. The molecule has 1 aromatic heterocycles. The summed E-state index contributed by atoms with van der Waals surface area (Å²) < 4.78 is 34.4. The molecule has 0 radical (unpaired) electrons. The van der Waals surface area contributed by atoms with Crippen molar-refractivity contribution in [3.05, 3.63) is 74.0 Å². The van der Waals surface area contributed by atoms with Crippen molar-refractivity contribution in [2.24, 2.45) is 0 Å². The quantitative estimate of drug-likeness (QED) is 0.327. The van der Waals surface area contributed by atoms with Gasteiger partial charge in [0.25, 0.3) is 5.69 Å². The van der Waals surface area contributed by atoms with Crippen molar-refractivity contribution in [1.82, 2.24) is 9.78 Å². The second-order valence-electron chi connectivity index (χ2n) is 6.46. The third-order valence-corrected chi connectivity index (χ3v) is 4.35. The van der Waals surface area contributed by atoms with E-state index in [1.165, 1.54) is 36.4 Å². The summed E-state index contributed by atoms with van der Waals surface area (Å²) in [6.07, 6.45) is 0. The second kappa shape index (κ2) is 8.36. The minimum absolute atomic E-state index is 0.0355. The molecule has 0 atom stereocenters. The lowest BCUT2D eigenvalue weighted by atomic mass is 10.1. The minimum atomic E-state index is -0.899. The van der Waals surface area contributed by atoms with E-state index in [2.05, 4.69) is 5.10 Å². The molecule has 12 heteroatoms. The Balaban J connectivity index is 1.47. The maximum Gasteiger partial charge on any atom is 0.437 e. The van der Waals surface area contributed by atoms with Gasteiger partial charge in [0.05, 0.1) is 11.5 Å². The molecule has 11 nitrogen and oxygen atoms in total. The lowest BCUT2D eigenvalue weighted by Gasteiger charge is -2.20. The highest BCUT2D eigenvalue weighted by Crippen LogP contribution is 2.33. The Labute approximate surface area is 172 Å². The topological polar surface area (TPSA) is 136 Å². The monoisotopic (exact) mass is 431 g/mol. The number of benzene rings is 2. The molecule has 160 valence electrons. The fourth-order valence-electron chi connectivity index (χ4n) is 2.93. The molecule has 0 saturated heterocycles. The van der Waals surface area contributed by atoms with Crippen LogP contribution in [0.1, 0.15) is 11.1 Å². The number of non-ortho nitro benzene ring substituents is 1. The Morgan fingerprint density at radius 3 is 2.81 bits per heavy atom. The molecule has 31 heavy (non-hydrogen) atoms. The highest BCUT2D eigenvalue weighted by atomic mass is 19.1. The summed E-state index contributed by atoms with van der Waals surface area (Å²) in [5.41, 5.74) is 0.910. The summed E-state index contributed by atoms with van der Waals surface area (Å²) in [5.74, 6) is -1.92. The molecule has 2 heterocycles. The smallest absolute Gasteiger partial charge is 0.437 e. The Morgan fingerprint density at radius 1 is 1.29 bits per heavy atom. The van der Waals surface area contributed by atoms with Crippen LogP contribution in [0.5, 0.6) is 5.75 Å². The fourth-order valence-corrected chi connectivity index (χ4v) is 2.93. The zero-order valence-corrected chi connectivity index (χ0v) is 15.8. The van der Waals surface area contributed by atoms with Crippen LogP contribution in [0.2, 0.25) is 0 Å². The zero-order valence-electron chi connectivity index (χ0n) is 15.8. The maximum absolute atomic E-state index is 13.0. The van der Waals surface area contributed by atoms with Crippen molar-refractivity contribution < 1.29 is 32.7 Å². The zero-order chi connectivity index (χ0) is 22.0. The van der Waals surface area contributed by atoms with E-state index in [1.54, 1.807) is 0 Å². The number of carbonyl (C=O) groups is 1. The summed E-state index contributed by atoms with van der Waals surface area (Å²) in [7, 11) is 0. The molecule has 1 aliphatic heterocycles. The Hall–Kier alpha value is -4.06. The van der Waals surface area contributed by atoms with Crippen molar-refractivity contribution in [3.63, 3.8) is 0 Å². The van der Waals surface area contributed by atoms with Gasteiger partial charge in [-0.1, -0.05) is 0 Å². The first-order valence-electron chi connectivity index (χ1n) is 8.91. The van der Waals surface area contributed by atoms with Gasteiger partial charge in [-0.15, -0.1) is 5.10 Å². The van der Waals surface area contributed by atoms with Crippen LogP contribution in [0.4, 0.5) is 10.1 Å². The Bertz CT molecular complexity index is 1200. The normalized spacial score (nSPS) is 12.7. The van der Waals surface area contributed by atoms with Gasteiger partial charge in [-0.2, -0.15) is 4.68 Å². The largest absolute Gasteiger partial charge is 0.467 e. The molecule has 4 rings (SSSR count). The van der Waals surface area contributed by atoms with Crippen LogP contribution < -0.4 is 10.5 Å². The van der Waals surface area contributed by atoms with Crippen molar-refractivity contribution in [3.8, 4) is 17.2 Å². The SMILES string of the molecule is O=C(Cn1nc(-c2ccc(F)cc2)oc1=O)OCc1cc([N+](=O)[O-])cc2c1OCOC2. The molecule has 0 fully saturated rings. The van der Waals surface area contributed by atoms with E-state index < -0.39 is 29.0 Å². The molecular formula is C19H14FN3O8. The van der Waals surface area contributed by atoms with Gasteiger partial charge < -0.3 is 18.6 Å². The summed E-state index contributed by atoms with van der Waals surface area (Å²) in [4.78, 5) is 34.7. The van der Waals surface area contributed by atoms with E-state index in [0.29, 0.717) is 22.4 Å². The Kier molecular flexibility index (Phi) is 5.45. The van der Waals surface area contributed by atoms with Crippen molar-refractivity contribution in [2.75, 3.05) is 6.79 Å². The van der Waals surface area contributed by atoms with Crippen LogP contribution in [0.25, 0.3) is 11.5 Å². The van der Waals surface area contributed by atoms with Crippen LogP contribution in [-0.2, 0) is 34.0 Å². The average molecular weight is 431 g/mol. The van der Waals surface area contributed by atoms with Crippen LogP contribution in [-0.4, -0.2) is 27.5 Å². The first kappa shape index (κ1) is 20.2. The molecule has 0 aliphatic carbocycles. The fraction of sp³-hybridized carbons (Fsp3) is 0.211. The van der Waals surface area contributed by atoms with Crippen molar-refractivity contribution >= 4 is 11.7 Å². The highest BCUT2D eigenvalue weighted by Gasteiger charge is 2.22. The van der Waals surface area contributed by atoms with Gasteiger partial charge in [-0.3, -0.25) is 14.9 Å². The summed E-state index contributed by atoms with van der Waals surface area (Å²) in [6, 6.07) is 7.67. The number of esters is 1. The van der Waals surface area contributed by atoms with Crippen LogP contribution >= 0.6 is 0 Å². The van der Waals surface area contributed by atoms with Crippen molar-refractivity contribution in [2.45, 2.75) is 19.8 Å². The molecule has 0 spiro atoms. The predicted octanol–water partition coefficient (Wildman–Crippen LogP) is 2.16. The molecule has 3 aromatic rings. The molecule has 2 aromatic carbocycles. The second-order valence-corrected chi connectivity index (χ2v) is 6.46. The van der Waals surface area contributed by atoms with E-state index in [9.17, 15) is 24.1 Å². The number of nitro groups is 1. The Morgan fingerprint density at radius 2 is 2.06 bits per heavy atom. The standard InChI is InChI=1S/C19H14FN3O8/c20-14-3-1-11(2-4-14)18-21-22(19(25)31-18)7-16(24)29-9-13-6-15(23(26)27)5-12-8-28-10-30-17(12)13/h1-6H,7-10H2. The summed E-state index contributed by atoms with van der Waals surface area (Å²) in [5, 5.41) is 15.0. The van der Waals surface area contributed by atoms with Crippen molar-refractivity contribution in [1.29, 1.82) is 0 Å². The molecular weight excluding hydrogens is 417 g/mol. The van der Waals surface area contributed by atoms with Gasteiger partial charge in [0.15, 0.2) is 6.79 Å². The number of halogens is 1. The third kappa shape index (κ3) is 4.43. The van der Waals surface area contributed by atoms with E-state index in [0.717, 1.165) is 4.68 Å². The molecule has 0 N–H and O–H groups in total. The van der Waals surface area contributed by atoms with E-state index in [4.69, 9.17) is 18.6 Å². The number of hydrogen-bond acceptors (Lipinski definition) is 9. The van der Waals surface area contributed by atoms with Crippen LogP contribution in [0, 0.1) is 15.9 Å². The number of fused-ring (bicyclic) bond motifs is 1. The van der Waals surface area contributed by atoms with E-state index in [-0.39, 0.29) is 31.6 Å². The van der Waals surface area contributed by atoms with Gasteiger partial charge >= 0.3 is 11.7 Å². The number of nitrogens with zero attached hydrogens (tertiary/aromatic N) is 3. The maximum atomic E-state index is 13.0. The van der Waals surface area contributed by atoms with E-state index in [1.807, 2.05) is 0 Å². The number of rotatable bonds is 6. The van der Waals surface area contributed by atoms with Crippen LogP contribution in [0.15, 0.2) is 45.6 Å². The first-order valence-corrected chi connectivity index (χ1v) is 8.91. The summed E-state index contributed by atoms with van der Waals surface area (Å²) in [6.45, 7) is -0.782. The number of hydrogen-bond donors (Lipinski definition) is 0. The molecule has 0 bridgehead atoms. The minimum Gasteiger partial charge on any atom is -0.467 e. The molecule has 0 unspecified atom stereocenters. The predicted molar refractivity (Wildman–Crippen MR) is 99.3 cm³/mol. The number of aromatic nitrogens is 2. The van der Waals surface area contributed by atoms with Crippen LogP contribution in [0.3, 0.4) is 0 Å². The lowest BCUT2D eigenvalue weighted by molar-refractivity contribution is -0.385. The van der Waals surface area contributed by atoms with Gasteiger partial charge in [-0.25, -0.2) is 9.18 Å². The molecule has 0 amide bonds. The average Bonchev–Trinajstić information content (AvgIpc) is 3.12. The number of ether oxygens (including phenoxy) is 3. The molecule has 1 aliphatic rings. The molecule has 0 saturated carbocycles. The highest BCUT2D eigenvalue weighted by molar-refractivity contribution is 5.69. The first-order chi connectivity index (χ1) is 14.9.